The zero-order chi connectivity index (χ0) is 22.1. The number of carbonyl (C=O) groups is 2. The van der Waals surface area contributed by atoms with E-state index < -0.39 is 5.91 Å². The van der Waals surface area contributed by atoms with Gasteiger partial charge in [0.25, 0.3) is 17.4 Å². The molecule has 162 valence electrons. The monoisotopic (exact) mass is 438 g/mol. The van der Waals surface area contributed by atoms with Crippen molar-refractivity contribution in [1.82, 2.24) is 20.6 Å². The molecule has 2 N–H and O–H groups in total. The molecular weight excluding hydrogens is 412 g/mol. The molecule has 8 heteroatoms. The summed E-state index contributed by atoms with van der Waals surface area (Å²) >= 11 is 1.48. The Morgan fingerprint density at radius 1 is 1.19 bits per heavy atom. The number of hydrogen-bond acceptors (Lipinski definition) is 5. The van der Waals surface area contributed by atoms with Crippen LogP contribution in [0.1, 0.15) is 57.8 Å². The molecule has 1 aromatic carbocycles. The van der Waals surface area contributed by atoms with Crippen molar-refractivity contribution in [3.8, 4) is 0 Å². The highest BCUT2D eigenvalue weighted by Gasteiger charge is 2.22. The molecule has 1 aliphatic carbocycles. The van der Waals surface area contributed by atoms with Crippen molar-refractivity contribution in [2.24, 2.45) is 11.8 Å². The highest BCUT2D eigenvalue weighted by Crippen LogP contribution is 2.32. The van der Waals surface area contributed by atoms with Crippen LogP contribution >= 0.6 is 11.3 Å². The summed E-state index contributed by atoms with van der Waals surface area (Å²) < 4.78 is 1.32. The van der Waals surface area contributed by atoms with Crippen LogP contribution in [-0.4, -0.2) is 21.6 Å². The largest absolute Gasteiger partial charge is 0.290 e. The van der Waals surface area contributed by atoms with E-state index in [1.165, 1.54) is 26.5 Å². The lowest BCUT2D eigenvalue weighted by molar-refractivity contribution is 0.0845. The standard InChI is InChI=1S/C23H26N4O3S/c1-13(2)12-27-23(30)17-7-5-4-6-16(17)20(26-27)22(29)25-24-21(28)19-11-15-10-14(3)8-9-18(15)31-19/h4-7,11,13-14H,8-10,12H2,1-3H3,(H,24,28)(H,25,29). The van der Waals surface area contributed by atoms with E-state index >= 15 is 0 Å². The first kappa shape index (κ1) is 21.2. The molecule has 2 heterocycles. The summed E-state index contributed by atoms with van der Waals surface area (Å²) in [6.07, 6.45) is 3.11. The Balaban J connectivity index is 1.55. The van der Waals surface area contributed by atoms with Crippen LogP contribution in [0.15, 0.2) is 35.1 Å². The predicted molar refractivity (Wildman–Crippen MR) is 121 cm³/mol. The van der Waals surface area contributed by atoms with E-state index in [4.69, 9.17) is 0 Å². The molecule has 1 atom stereocenters. The Bertz CT molecular complexity index is 1210. The topological polar surface area (TPSA) is 93.1 Å². The number of hydrogen-bond donors (Lipinski definition) is 2. The molecule has 1 unspecified atom stereocenters. The molecule has 2 amide bonds. The van der Waals surface area contributed by atoms with Gasteiger partial charge in [0.1, 0.15) is 0 Å². The third kappa shape index (κ3) is 4.39. The number of nitrogens with zero attached hydrogens (tertiary/aromatic N) is 2. The molecule has 0 aliphatic heterocycles. The van der Waals surface area contributed by atoms with Gasteiger partial charge in [0.15, 0.2) is 5.69 Å². The minimum atomic E-state index is -0.558. The number of benzene rings is 1. The van der Waals surface area contributed by atoms with Crippen LogP contribution in [-0.2, 0) is 19.4 Å². The normalized spacial score (nSPS) is 15.7. The zero-order valence-electron chi connectivity index (χ0n) is 17.9. The number of fused-ring (bicyclic) bond motifs is 2. The maximum Gasteiger partial charge on any atom is 0.290 e. The lowest BCUT2D eigenvalue weighted by atomic mass is 9.90. The van der Waals surface area contributed by atoms with E-state index in [9.17, 15) is 14.4 Å². The van der Waals surface area contributed by atoms with Gasteiger partial charge >= 0.3 is 0 Å². The van der Waals surface area contributed by atoms with Crippen molar-refractivity contribution in [2.45, 2.75) is 46.6 Å². The van der Waals surface area contributed by atoms with E-state index in [0.29, 0.717) is 28.1 Å². The van der Waals surface area contributed by atoms with Gasteiger partial charge in [-0.1, -0.05) is 39.0 Å². The fraction of sp³-hybridized carbons (Fsp3) is 0.391. The summed E-state index contributed by atoms with van der Waals surface area (Å²) in [5, 5.41) is 5.18. The van der Waals surface area contributed by atoms with Crippen LogP contribution in [0.3, 0.4) is 0 Å². The summed E-state index contributed by atoms with van der Waals surface area (Å²) in [5.41, 5.74) is 6.07. The van der Waals surface area contributed by atoms with Crippen LogP contribution in [0, 0.1) is 11.8 Å². The molecular formula is C23H26N4O3S. The Morgan fingerprint density at radius 2 is 1.90 bits per heavy atom. The third-order valence-corrected chi connectivity index (χ3v) is 6.70. The van der Waals surface area contributed by atoms with Crippen LogP contribution in [0.25, 0.3) is 10.8 Å². The highest BCUT2D eigenvalue weighted by molar-refractivity contribution is 7.14. The predicted octanol–water partition coefficient (Wildman–Crippen LogP) is 3.31. The number of rotatable bonds is 4. The maximum absolute atomic E-state index is 12.9. The van der Waals surface area contributed by atoms with Gasteiger partial charge in [-0.3, -0.25) is 25.2 Å². The highest BCUT2D eigenvalue weighted by atomic mass is 32.1. The van der Waals surface area contributed by atoms with E-state index in [2.05, 4.69) is 22.9 Å². The first-order valence-electron chi connectivity index (χ1n) is 10.6. The fourth-order valence-electron chi connectivity index (χ4n) is 3.92. The summed E-state index contributed by atoms with van der Waals surface area (Å²) in [6, 6.07) is 8.81. The Morgan fingerprint density at radius 3 is 2.65 bits per heavy atom. The Kier molecular flexibility index (Phi) is 5.91. The summed E-state index contributed by atoms with van der Waals surface area (Å²) in [5.74, 6) is -0.0923. The van der Waals surface area contributed by atoms with Crippen molar-refractivity contribution in [3.63, 3.8) is 0 Å². The van der Waals surface area contributed by atoms with Gasteiger partial charge in [-0.2, -0.15) is 5.10 Å². The Hall–Kier alpha value is -3.00. The van der Waals surface area contributed by atoms with Gasteiger partial charge in [0, 0.05) is 16.8 Å². The Labute approximate surface area is 184 Å². The van der Waals surface area contributed by atoms with E-state index in [-0.39, 0.29) is 23.1 Å². The number of aryl methyl sites for hydroxylation is 1. The molecule has 0 saturated carbocycles. The number of aromatic nitrogens is 2. The number of hydrazine groups is 1. The molecule has 1 aliphatic rings. The van der Waals surface area contributed by atoms with Crippen LogP contribution in [0.2, 0.25) is 0 Å². The number of carbonyl (C=O) groups excluding carboxylic acids is 2. The van der Waals surface area contributed by atoms with Gasteiger partial charge in [-0.25, -0.2) is 4.68 Å². The summed E-state index contributed by atoms with van der Waals surface area (Å²) in [6.45, 7) is 6.57. The second-order valence-electron chi connectivity index (χ2n) is 8.59. The summed E-state index contributed by atoms with van der Waals surface area (Å²) in [7, 11) is 0. The van der Waals surface area contributed by atoms with Crippen molar-refractivity contribution < 1.29 is 9.59 Å². The molecule has 31 heavy (non-hydrogen) atoms. The molecule has 0 bridgehead atoms. The lowest BCUT2D eigenvalue weighted by Crippen LogP contribution is -2.42. The molecule has 0 radical (unpaired) electrons. The van der Waals surface area contributed by atoms with Gasteiger partial charge in [-0.15, -0.1) is 11.3 Å². The lowest BCUT2D eigenvalue weighted by Gasteiger charge is -2.16. The molecule has 0 saturated heterocycles. The average molecular weight is 439 g/mol. The smallest absolute Gasteiger partial charge is 0.267 e. The molecule has 2 aromatic heterocycles. The van der Waals surface area contributed by atoms with E-state index in [1.807, 2.05) is 19.9 Å². The number of nitrogens with one attached hydrogen (secondary N) is 2. The minimum absolute atomic E-state index is 0.107. The van der Waals surface area contributed by atoms with E-state index in [0.717, 1.165) is 19.3 Å². The quantitative estimate of drug-likeness (QED) is 0.611. The molecule has 7 nitrogen and oxygen atoms in total. The van der Waals surface area contributed by atoms with Gasteiger partial charge in [0.2, 0.25) is 0 Å². The molecule has 4 rings (SSSR count). The average Bonchev–Trinajstić information content (AvgIpc) is 3.17. The molecule has 0 fully saturated rings. The number of thiophene rings is 1. The first-order chi connectivity index (χ1) is 14.8. The SMILES string of the molecule is CC(C)Cn1nc(C(=O)NNC(=O)c2cc3c(s2)CCC(C)C3)c2ccccc2c1=O. The van der Waals surface area contributed by atoms with Crippen molar-refractivity contribution in [1.29, 1.82) is 0 Å². The van der Waals surface area contributed by atoms with Gasteiger partial charge < -0.3 is 0 Å². The number of amides is 2. The van der Waals surface area contributed by atoms with Crippen LogP contribution in [0.4, 0.5) is 0 Å². The molecule has 0 spiro atoms. The fourth-order valence-corrected chi connectivity index (χ4v) is 5.03. The van der Waals surface area contributed by atoms with E-state index in [1.54, 1.807) is 24.3 Å². The van der Waals surface area contributed by atoms with Crippen molar-refractivity contribution in [2.75, 3.05) is 0 Å². The van der Waals surface area contributed by atoms with Gasteiger partial charge in [0.05, 0.1) is 10.3 Å². The van der Waals surface area contributed by atoms with Gasteiger partial charge in [-0.05, 0) is 48.8 Å². The second-order valence-corrected chi connectivity index (χ2v) is 9.73. The van der Waals surface area contributed by atoms with Crippen LogP contribution < -0.4 is 16.4 Å². The first-order valence-corrected chi connectivity index (χ1v) is 11.4. The third-order valence-electron chi connectivity index (χ3n) is 5.46. The van der Waals surface area contributed by atoms with Crippen LogP contribution in [0.5, 0.6) is 0 Å². The minimum Gasteiger partial charge on any atom is -0.267 e. The van der Waals surface area contributed by atoms with Crippen molar-refractivity contribution in [3.05, 3.63) is 61.7 Å². The second kappa shape index (κ2) is 8.63. The summed E-state index contributed by atoms with van der Waals surface area (Å²) in [4.78, 5) is 40.0. The molecule has 3 aromatic rings. The zero-order valence-corrected chi connectivity index (χ0v) is 18.7. The van der Waals surface area contributed by atoms with Crippen molar-refractivity contribution >= 4 is 33.9 Å². The maximum atomic E-state index is 12.9.